The Morgan fingerprint density at radius 2 is 2.05 bits per heavy atom. The Labute approximate surface area is 120 Å². The van der Waals surface area contributed by atoms with E-state index < -0.39 is 12.7 Å². The number of hydrogen-bond acceptors (Lipinski definition) is 3. The van der Waals surface area contributed by atoms with Crippen molar-refractivity contribution in [1.82, 2.24) is 4.90 Å². The summed E-state index contributed by atoms with van der Waals surface area (Å²) in [6.45, 7) is -0.0195. The summed E-state index contributed by atoms with van der Waals surface area (Å²) in [6.07, 6.45) is -0.310. The Bertz CT molecular complexity index is 600. The van der Waals surface area contributed by atoms with Gasteiger partial charge in [0.05, 0.1) is 6.54 Å². The van der Waals surface area contributed by atoms with E-state index in [4.69, 9.17) is 9.15 Å². The lowest BCUT2D eigenvalue weighted by molar-refractivity contribution is -0.149. The molecule has 2 heterocycles. The van der Waals surface area contributed by atoms with E-state index in [0.717, 1.165) is 11.0 Å². The number of likely N-dealkylation sites (tertiary alicyclic amines) is 1. The smallest absolute Gasteiger partial charge is 0.401 e. The summed E-state index contributed by atoms with van der Waals surface area (Å²) in [5.41, 5.74) is 0.738. The maximum absolute atomic E-state index is 12.3. The molecule has 0 saturated carbocycles. The molecule has 0 spiro atoms. The maximum atomic E-state index is 12.3. The average molecular weight is 298 g/mol. The van der Waals surface area contributed by atoms with Gasteiger partial charge in [0, 0.05) is 18.5 Å². The Balaban J connectivity index is 1.55. The first-order valence-corrected chi connectivity index (χ1v) is 6.85. The topological polar surface area (TPSA) is 25.6 Å². The van der Waals surface area contributed by atoms with E-state index >= 15 is 0 Å². The summed E-state index contributed by atoms with van der Waals surface area (Å²) in [5, 5.41) is 0.905. The molecular formula is C15H15F3NO2. The summed E-state index contributed by atoms with van der Waals surface area (Å²) in [5.74, 6) is 0.714. The quantitative estimate of drug-likeness (QED) is 0.865. The predicted molar refractivity (Wildman–Crippen MR) is 71.2 cm³/mol. The first-order chi connectivity index (χ1) is 9.99. The van der Waals surface area contributed by atoms with Crippen molar-refractivity contribution in [1.29, 1.82) is 0 Å². The minimum absolute atomic E-state index is 0.0391. The minimum Gasteiger partial charge on any atom is -0.490 e. The molecule has 0 unspecified atom stereocenters. The summed E-state index contributed by atoms with van der Waals surface area (Å²) in [7, 11) is 0. The monoisotopic (exact) mass is 298 g/mol. The predicted octanol–water partition coefficient (Wildman–Crippen LogP) is 3.64. The number of benzene rings is 1. The van der Waals surface area contributed by atoms with Crippen molar-refractivity contribution < 1.29 is 22.3 Å². The highest BCUT2D eigenvalue weighted by molar-refractivity contribution is 5.78. The molecule has 6 heteroatoms. The lowest BCUT2D eigenvalue weighted by Gasteiger charge is -2.32. The van der Waals surface area contributed by atoms with Crippen LogP contribution in [-0.4, -0.2) is 36.8 Å². The van der Waals surface area contributed by atoms with Gasteiger partial charge in [-0.3, -0.25) is 4.90 Å². The first kappa shape index (κ1) is 14.3. The molecule has 3 nitrogen and oxygen atoms in total. The molecule has 1 radical (unpaired) electrons. The summed E-state index contributed by atoms with van der Waals surface area (Å²) in [4.78, 5) is 1.42. The molecule has 21 heavy (non-hydrogen) atoms. The zero-order chi connectivity index (χ0) is 14.9. The number of furan rings is 1. The molecule has 1 aromatic carbocycles. The van der Waals surface area contributed by atoms with Gasteiger partial charge in [0.15, 0.2) is 6.26 Å². The molecule has 1 aliphatic heterocycles. The lowest BCUT2D eigenvalue weighted by Crippen LogP contribution is -2.42. The van der Waals surface area contributed by atoms with E-state index in [0.29, 0.717) is 31.7 Å². The molecule has 0 N–H and O–H groups in total. The normalized spacial score (nSPS) is 18.2. The van der Waals surface area contributed by atoms with Crippen LogP contribution < -0.4 is 4.74 Å². The highest BCUT2D eigenvalue weighted by atomic mass is 19.4. The molecule has 0 aliphatic carbocycles. The molecule has 0 bridgehead atoms. The fraction of sp³-hybridized carbons (Fsp3) is 0.467. The second-order valence-corrected chi connectivity index (χ2v) is 5.27. The molecule has 113 valence electrons. The van der Waals surface area contributed by atoms with Crippen LogP contribution in [-0.2, 0) is 0 Å². The molecule has 0 amide bonds. The molecule has 1 aromatic heterocycles. The molecule has 2 aromatic rings. The highest BCUT2D eigenvalue weighted by Crippen LogP contribution is 2.25. The lowest BCUT2D eigenvalue weighted by atomic mass is 10.1. The number of halogens is 3. The van der Waals surface area contributed by atoms with Gasteiger partial charge in [-0.25, -0.2) is 0 Å². The first-order valence-electron chi connectivity index (χ1n) is 6.85. The van der Waals surface area contributed by atoms with Gasteiger partial charge >= 0.3 is 6.18 Å². The van der Waals surface area contributed by atoms with Crippen LogP contribution in [0, 0.1) is 6.26 Å². The fourth-order valence-corrected chi connectivity index (χ4v) is 2.59. The molecule has 1 saturated heterocycles. The zero-order valence-corrected chi connectivity index (χ0v) is 11.3. The number of hydrogen-bond donors (Lipinski definition) is 0. The Kier molecular flexibility index (Phi) is 3.80. The third-order valence-electron chi connectivity index (χ3n) is 3.60. The van der Waals surface area contributed by atoms with Crippen LogP contribution in [0.1, 0.15) is 12.8 Å². The van der Waals surface area contributed by atoms with Gasteiger partial charge in [-0.2, -0.15) is 13.2 Å². The Morgan fingerprint density at radius 3 is 2.76 bits per heavy atom. The molecule has 0 atom stereocenters. The van der Waals surface area contributed by atoms with Crippen LogP contribution in [0.4, 0.5) is 13.2 Å². The van der Waals surface area contributed by atoms with E-state index in [1.165, 1.54) is 4.90 Å². The summed E-state index contributed by atoms with van der Waals surface area (Å²) < 4.78 is 47.9. The Hall–Kier alpha value is -1.69. The minimum atomic E-state index is -4.13. The third-order valence-corrected chi connectivity index (χ3v) is 3.60. The number of nitrogens with zero attached hydrogens (tertiary/aromatic N) is 1. The molecule has 1 aliphatic rings. The van der Waals surface area contributed by atoms with Crippen LogP contribution in [0.25, 0.3) is 11.0 Å². The Morgan fingerprint density at radius 1 is 1.29 bits per heavy atom. The van der Waals surface area contributed by atoms with Gasteiger partial charge in [0.25, 0.3) is 0 Å². The number of fused-ring (bicyclic) bond motifs is 1. The highest BCUT2D eigenvalue weighted by Gasteiger charge is 2.32. The maximum Gasteiger partial charge on any atom is 0.401 e. The second kappa shape index (κ2) is 5.60. The van der Waals surface area contributed by atoms with Gasteiger partial charge in [0.2, 0.25) is 0 Å². The van der Waals surface area contributed by atoms with E-state index in [9.17, 15) is 13.2 Å². The zero-order valence-electron chi connectivity index (χ0n) is 11.3. The SMILES string of the molecule is FC(F)(F)CN1CCC(Oc2ccc3o[c]cc3c2)CC1. The number of rotatable bonds is 3. The van der Waals surface area contributed by atoms with Gasteiger partial charge in [-0.1, -0.05) is 0 Å². The average Bonchev–Trinajstić information content (AvgIpc) is 2.87. The van der Waals surface area contributed by atoms with Gasteiger partial charge < -0.3 is 9.15 Å². The molecule has 3 rings (SSSR count). The largest absolute Gasteiger partial charge is 0.490 e. The molecule has 1 fully saturated rings. The standard InChI is InChI=1S/C15H15F3NO2/c16-15(17,18)10-19-6-3-12(4-7-19)21-13-1-2-14-11(9-13)5-8-20-14/h1-2,5,9,12H,3-4,6-7,10H2. The van der Waals surface area contributed by atoms with Crippen molar-refractivity contribution in [2.24, 2.45) is 0 Å². The van der Waals surface area contributed by atoms with Gasteiger partial charge in [-0.15, -0.1) is 0 Å². The third kappa shape index (κ3) is 3.69. The van der Waals surface area contributed by atoms with Crippen LogP contribution in [0.3, 0.4) is 0 Å². The van der Waals surface area contributed by atoms with Crippen LogP contribution in [0.15, 0.2) is 28.7 Å². The fourth-order valence-electron chi connectivity index (χ4n) is 2.59. The van der Waals surface area contributed by atoms with E-state index in [1.807, 2.05) is 12.1 Å². The van der Waals surface area contributed by atoms with E-state index in [1.54, 1.807) is 12.1 Å². The van der Waals surface area contributed by atoms with E-state index in [2.05, 4.69) is 6.26 Å². The number of ether oxygens (including phenoxy) is 1. The van der Waals surface area contributed by atoms with Gasteiger partial charge in [-0.05, 0) is 37.1 Å². The van der Waals surface area contributed by atoms with Gasteiger partial charge in [0.1, 0.15) is 17.4 Å². The summed E-state index contributed by atoms with van der Waals surface area (Å²) >= 11 is 0. The van der Waals surface area contributed by atoms with Crippen molar-refractivity contribution >= 4 is 11.0 Å². The summed E-state index contributed by atoms with van der Waals surface area (Å²) in [6, 6.07) is 7.20. The number of piperidine rings is 1. The van der Waals surface area contributed by atoms with Crippen molar-refractivity contribution in [3.8, 4) is 5.75 Å². The van der Waals surface area contributed by atoms with Crippen LogP contribution >= 0.6 is 0 Å². The van der Waals surface area contributed by atoms with Crippen molar-refractivity contribution in [3.63, 3.8) is 0 Å². The molecular weight excluding hydrogens is 283 g/mol. The van der Waals surface area contributed by atoms with Crippen LogP contribution in [0.2, 0.25) is 0 Å². The van der Waals surface area contributed by atoms with Crippen LogP contribution in [0.5, 0.6) is 5.75 Å². The van der Waals surface area contributed by atoms with Crippen molar-refractivity contribution in [2.75, 3.05) is 19.6 Å². The van der Waals surface area contributed by atoms with Crippen molar-refractivity contribution in [2.45, 2.75) is 25.1 Å². The number of alkyl halides is 3. The van der Waals surface area contributed by atoms with E-state index in [-0.39, 0.29) is 6.10 Å². The van der Waals surface area contributed by atoms with Crippen molar-refractivity contribution in [3.05, 3.63) is 30.5 Å². The second-order valence-electron chi connectivity index (χ2n) is 5.27.